The molecule has 33 heavy (non-hydrogen) atoms. The van der Waals surface area contributed by atoms with Crippen LogP contribution in [0.5, 0.6) is 0 Å². The zero-order valence-corrected chi connectivity index (χ0v) is 19.4. The van der Waals surface area contributed by atoms with Crippen LogP contribution in [-0.4, -0.2) is 38.0 Å². The molecule has 0 bridgehead atoms. The zero-order valence-electron chi connectivity index (χ0n) is 19.4. The van der Waals surface area contributed by atoms with Crippen LogP contribution in [0.15, 0.2) is 72.8 Å². The fraction of sp³-hybridized carbons (Fsp3) is 0.321. The zero-order chi connectivity index (χ0) is 23.2. The molecule has 0 aromatic heterocycles. The van der Waals surface area contributed by atoms with E-state index in [0.29, 0.717) is 18.0 Å². The van der Waals surface area contributed by atoms with E-state index in [1.165, 1.54) is 41.1 Å². The Morgan fingerprint density at radius 3 is 2.12 bits per heavy atom. The maximum absolute atomic E-state index is 13.0. The van der Waals surface area contributed by atoms with Gasteiger partial charge in [0, 0.05) is 38.4 Å². The molecule has 1 aliphatic rings. The number of benzene rings is 3. The number of nitrogens with zero attached hydrogens (tertiary/aromatic N) is 2. The molecule has 172 valence electrons. The number of likely N-dealkylation sites (tertiary alicyclic amines) is 1. The third-order valence-corrected chi connectivity index (χ3v) is 6.46. The topological polar surface area (TPSA) is 35.6 Å². The number of amides is 1. The molecule has 0 unspecified atom stereocenters. The minimum atomic E-state index is -0.341. The standard InChI is InChI=1S/C28H32FN3O/c1-31(2)27-13-5-22(6-14-27)20-32-17-15-24(16-18-32)23-7-3-21(4-8-23)19-30-28(33)25-9-11-26(29)12-10-25/h3-14,24H,15-20H2,1-2H3,(H,30,33). The number of anilines is 1. The van der Waals surface area contributed by atoms with Gasteiger partial charge in [0.15, 0.2) is 0 Å². The SMILES string of the molecule is CN(C)c1ccc(CN2CCC(c3ccc(CNC(=O)c4ccc(F)cc4)cc3)CC2)cc1. The summed E-state index contributed by atoms with van der Waals surface area (Å²) in [7, 11) is 4.13. The van der Waals surface area contributed by atoms with Crippen LogP contribution in [0.2, 0.25) is 0 Å². The lowest BCUT2D eigenvalue weighted by molar-refractivity contribution is 0.0951. The molecule has 1 N–H and O–H groups in total. The molecule has 5 heteroatoms. The summed E-state index contributed by atoms with van der Waals surface area (Å²) in [6.07, 6.45) is 2.33. The largest absolute Gasteiger partial charge is 0.378 e. The van der Waals surface area contributed by atoms with E-state index in [1.807, 2.05) is 0 Å². The van der Waals surface area contributed by atoms with Gasteiger partial charge in [-0.05, 0) is 84.9 Å². The van der Waals surface area contributed by atoms with Gasteiger partial charge in [-0.2, -0.15) is 0 Å². The summed E-state index contributed by atoms with van der Waals surface area (Å²) in [6.45, 7) is 3.68. The molecule has 3 aromatic carbocycles. The first kappa shape index (κ1) is 23.0. The van der Waals surface area contributed by atoms with Crippen LogP contribution in [0, 0.1) is 5.82 Å². The summed E-state index contributed by atoms with van der Waals surface area (Å²) >= 11 is 0. The highest BCUT2D eigenvalue weighted by atomic mass is 19.1. The molecule has 1 heterocycles. The molecular weight excluding hydrogens is 413 g/mol. The molecule has 0 radical (unpaired) electrons. The van der Waals surface area contributed by atoms with Gasteiger partial charge in [0.05, 0.1) is 0 Å². The highest BCUT2D eigenvalue weighted by molar-refractivity contribution is 5.94. The monoisotopic (exact) mass is 445 g/mol. The summed E-state index contributed by atoms with van der Waals surface area (Å²) in [5.41, 5.74) is 5.50. The van der Waals surface area contributed by atoms with Crippen LogP contribution < -0.4 is 10.2 Å². The van der Waals surface area contributed by atoms with E-state index in [0.717, 1.165) is 38.0 Å². The van der Waals surface area contributed by atoms with Crippen LogP contribution >= 0.6 is 0 Å². The number of carbonyl (C=O) groups is 1. The number of piperidine rings is 1. The third-order valence-electron chi connectivity index (χ3n) is 6.46. The van der Waals surface area contributed by atoms with Gasteiger partial charge in [0.1, 0.15) is 5.82 Å². The van der Waals surface area contributed by atoms with E-state index in [9.17, 15) is 9.18 Å². The summed E-state index contributed by atoms with van der Waals surface area (Å²) in [6, 6.07) is 23.0. The predicted molar refractivity (Wildman–Crippen MR) is 132 cm³/mol. The lowest BCUT2D eigenvalue weighted by Crippen LogP contribution is -2.32. The second-order valence-corrected chi connectivity index (χ2v) is 9.04. The Balaban J connectivity index is 1.24. The summed E-state index contributed by atoms with van der Waals surface area (Å²) < 4.78 is 13.0. The summed E-state index contributed by atoms with van der Waals surface area (Å²) in [5.74, 6) is 0.0506. The lowest BCUT2D eigenvalue weighted by Gasteiger charge is -2.32. The van der Waals surface area contributed by atoms with E-state index in [-0.39, 0.29) is 11.7 Å². The van der Waals surface area contributed by atoms with Gasteiger partial charge in [-0.1, -0.05) is 36.4 Å². The van der Waals surface area contributed by atoms with Crippen molar-refractivity contribution in [2.45, 2.75) is 31.8 Å². The second kappa shape index (κ2) is 10.6. The van der Waals surface area contributed by atoms with Crippen molar-refractivity contribution >= 4 is 11.6 Å². The Bertz CT molecular complexity index is 1040. The minimum Gasteiger partial charge on any atom is -0.378 e. The average Bonchev–Trinajstić information content (AvgIpc) is 2.84. The van der Waals surface area contributed by atoms with Crippen molar-refractivity contribution in [1.29, 1.82) is 0 Å². The molecule has 4 nitrogen and oxygen atoms in total. The number of nitrogens with one attached hydrogen (secondary N) is 1. The van der Waals surface area contributed by atoms with Crippen LogP contribution in [-0.2, 0) is 13.1 Å². The molecule has 0 saturated carbocycles. The molecule has 4 rings (SSSR count). The summed E-state index contributed by atoms with van der Waals surface area (Å²) in [5, 5.41) is 2.90. The number of hydrogen-bond donors (Lipinski definition) is 1. The Labute approximate surface area is 196 Å². The summed E-state index contributed by atoms with van der Waals surface area (Å²) in [4.78, 5) is 16.9. The van der Waals surface area contributed by atoms with Crippen LogP contribution in [0.1, 0.15) is 45.8 Å². The molecular formula is C28H32FN3O. The maximum Gasteiger partial charge on any atom is 0.251 e. The van der Waals surface area contributed by atoms with Gasteiger partial charge in [0.25, 0.3) is 5.91 Å². The third kappa shape index (κ3) is 6.20. The first-order valence-electron chi connectivity index (χ1n) is 11.6. The second-order valence-electron chi connectivity index (χ2n) is 9.04. The minimum absolute atomic E-state index is 0.192. The van der Waals surface area contributed by atoms with Crippen LogP contribution in [0.25, 0.3) is 0 Å². The molecule has 0 spiro atoms. The smallest absolute Gasteiger partial charge is 0.251 e. The quantitative estimate of drug-likeness (QED) is 0.543. The van der Waals surface area contributed by atoms with Gasteiger partial charge in [-0.3, -0.25) is 9.69 Å². The highest BCUT2D eigenvalue weighted by Crippen LogP contribution is 2.29. The van der Waals surface area contributed by atoms with Gasteiger partial charge in [-0.25, -0.2) is 4.39 Å². The van der Waals surface area contributed by atoms with Crippen molar-refractivity contribution in [3.05, 3.63) is 101 Å². The van der Waals surface area contributed by atoms with E-state index in [4.69, 9.17) is 0 Å². The molecule has 3 aromatic rings. The average molecular weight is 446 g/mol. The first-order chi connectivity index (χ1) is 16.0. The van der Waals surface area contributed by atoms with Crippen LogP contribution in [0.3, 0.4) is 0 Å². The number of rotatable bonds is 7. The van der Waals surface area contributed by atoms with Gasteiger partial charge < -0.3 is 10.2 Å². The van der Waals surface area contributed by atoms with Crippen LogP contribution in [0.4, 0.5) is 10.1 Å². The first-order valence-corrected chi connectivity index (χ1v) is 11.6. The number of carbonyl (C=O) groups excluding carboxylic acids is 1. The molecule has 1 amide bonds. The fourth-order valence-corrected chi connectivity index (χ4v) is 4.38. The van der Waals surface area contributed by atoms with Gasteiger partial charge >= 0.3 is 0 Å². The van der Waals surface area contributed by atoms with Crippen molar-refractivity contribution in [3.8, 4) is 0 Å². The van der Waals surface area contributed by atoms with Crippen molar-refractivity contribution in [2.75, 3.05) is 32.1 Å². The molecule has 1 fully saturated rings. The van der Waals surface area contributed by atoms with Crippen molar-refractivity contribution in [2.24, 2.45) is 0 Å². The molecule has 0 atom stereocenters. The lowest BCUT2D eigenvalue weighted by atomic mass is 9.89. The highest BCUT2D eigenvalue weighted by Gasteiger charge is 2.20. The van der Waals surface area contributed by atoms with Gasteiger partial charge in [-0.15, -0.1) is 0 Å². The fourth-order valence-electron chi connectivity index (χ4n) is 4.38. The number of halogens is 1. The van der Waals surface area contributed by atoms with Crippen molar-refractivity contribution < 1.29 is 9.18 Å². The molecule has 1 aliphatic heterocycles. The molecule has 0 aliphatic carbocycles. The van der Waals surface area contributed by atoms with E-state index < -0.39 is 0 Å². The van der Waals surface area contributed by atoms with Gasteiger partial charge in [0.2, 0.25) is 0 Å². The Kier molecular flexibility index (Phi) is 7.40. The Hall–Kier alpha value is -3.18. The van der Waals surface area contributed by atoms with E-state index in [2.05, 4.69) is 77.7 Å². The Morgan fingerprint density at radius 1 is 0.909 bits per heavy atom. The predicted octanol–water partition coefficient (Wildman–Crippen LogP) is 5.20. The maximum atomic E-state index is 13.0. The van der Waals surface area contributed by atoms with E-state index in [1.54, 1.807) is 0 Å². The molecule has 1 saturated heterocycles. The Morgan fingerprint density at radius 2 is 1.52 bits per heavy atom. The van der Waals surface area contributed by atoms with E-state index >= 15 is 0 Å². The number of hydrogen-bond acceptors (Lipinski definition) is 3. The normalized spacial score (nSPS) is 14.8. The van der Waals surface area contributed by atoms with Crippen molar-refractivity contribution in [3.63, 3.8) is 0 Å². The van der Waals surface area contributed by atoms with Crippen molar-refractivity contribution in [1.82, 2.24) is 10.2 Å².